The number of benzene rings is 1. The Morgan fingerprint density at radius 1 is 1.12 bits per heavy atom. The summed E-state index contributed by atoms with van der Waals surface area (Å²) in [5, 5.41) is 10.5. The van der Waals surface area contributed by atoms with Crippen molar-refractivity contribution < 1.29 is 28.2 Å². The van der Waals surface area contributed by atoms with E-state index in [1.165, 1.54) is 19.4 Å². The monoisotopic (exact) mass is 468 g/mol. The first-order chi connectivity index (χ1) is 16.5. The molecule has 1 atom stereocenters. The van der Waals surface area contributed by atoms with Crippen molar-refractivity contribution in [1.82, 2.24) is 4.90 Å². The fourth-order valence-corrected chi connectivity index (χ4v) is 4.11. The topological polar surface area (TPSA) is 106 Å². The van der Waals surface area contributed by atoms with E-state index >= 15 is 0 Å². The second kappa shape index (κ2) is 10.5. The predicted octanol–water partition coefficient (Wildman–Crippen LogP) is 2.96. The fourth-order valence-electron chi connectivity index (χ4n) is 4.11. The molecule has 9 heteroatoms. The molecule has 2 aromatic heterocycles. The summed E-state index contributed by atoms with van der Waals surface area (Å²) in [6, 6.07) is 12.6. The third-order valence-corrected chi connectivity index (χ3v) is 5.99. The van der Waals surface area contributed by atoms with Gasteiger partial charge in [-0.05, 0) is 36.4 Å². The number of piperazine rings is 1. The zero-order chi connectivity index (χ0) is 24.1. The van der Waals surface area contributed by atoms with E-state index in [9.17, 15) is 14.7 Å². The van der Waals surface area contributed by atoms with Gasteiger partial charge >= 0.3 is 5.97 Å². The van der Waals surface area contributed by atoms with Crippen molar-refractivity contribution in [3.05, 3.63) is 76.2 Å². The summed E-state index contributed by atoms with van der Waals surface area (Å²) in [4.78, 5) is 29.0. The normalized spacial score (nSPS) is 15.2. The number of ether oxygens (including phenoxy) is 2. The standard InChI is InChI=1S/C25H28N2O7/c1-31-18-7-5-17(6-8-18)27-11-9-26(10-12-27)16-19-14-21(28)24(30)25(34-19)20(15-23(29)32-2)22-4-3-13-33-22/h3-8,13-14,20,30H,9-12,15-16H2,1-2H3. The average molecular weight is 469 g/mol. The Balaban J connectivity index is 1.49. The number of esters is 1. The third kappa shape index (κ3) is 5.26. The van der Waals surface area contributed by atoms with Gasteiger partial charge in [-0.25, -0.2) is 0 Å². The Hall–Kier alpha value is -3.72. The van der Waals surface area contributed by atoms with E-state index in [0.29, 0.717) is 18.1 Å². The number of hydrogen-bond acceptors (Lipinski definition) is 9. The molecule has 0 bridgehead atoms. The van der Waals surface area contributed by atoms with Crippen LogP contribution in [0.4, 0.5) is 5.69 Å². The maximum atomic E-state index is 12.5. The SMILES string of the molecule is COC(=O)CC(c1ccco1)c1oc(CN2CCN(c3ccc(OC)cc3)CC2)cc(=O)c1O. The molecule has 1 fully saturated rings. The van der Waals surface area contributed by atoms with Gasteiger partial charge in [0.15, 0.2) is 5.76 Å². The highest BCUT2D eigenvalue weighted by Crippen LogP contribution is 2.34. The van der Waals surface area contributed by atoms with E-state index < -0.39 is 23.1 Å². The van der Waals surface area contributed by atoms with Crippen LogP contribution >= 0.6 is 0 Å². The second-order valence-electron chi connectivity index (χ2n) is 8.10. The minimum atomic E-state index is -0.776. The Bertz CT molecular complexity index is 1150. The van der Waals surface area contributed by atoms with Crippen LogP contribution in [0.1, 0.15) is 29.6 Å². The van der Waals surface area contributed by atoms with Crippen LogP contribution in [-0.4, -0.2) is 56.4 Å². The lowest BCUT2D eigenvalue weighted by Crippen LogP contribution is -2.46. The van der Waals surface area contributed by atoms with Crippen LogP contribution in [0, 0.1) is 0 Å². The number of rotatable bonds is 8. The summed E-state index contributed by atoms with van der Waals surface area (Å²) in [5.41, 5.74) is 0.567. The summed E-state index contributed by atoms with van der Waals surface area (Å²) in [7, 11) is 2.92. The van der Waals surface area contributed by atoms with Gasteiger partial charge in [0.2, 0.25) is 11.2 Å². The van der Waals surface area contributed by atoms with Gasteiger partial charge in [-0.1, -0.05) is 0 Å². The van der Waals surface area contributed by atoms with Gasteiger partial charge in [-0.3, -0.25) is 14.5 Å². The number of methoxy groups -OCH3 is 2. The van der Waals surface area contributed by atoms with Crippen LogP contribution in [0.15, 0.2) is 62.4 Å². The molecular formula is C25H28N2O7. The molecular weight excluding hydrogens is 440 g/mol. The predicted molar refractivity (Wildman–Crippen MR) is 124 cm³/mol. The van der Waals surface area contributed by atoms with Crippen molar-refractivity contribution in [1.29, 1.82) is 0 Å². The molecule has 0 amide bonds. The van der Waals surface area contributed by atoms with Crippen LogP contribution in [0.3, 0.4) is 0 Å². The highest BCUT2D eigenvalue weighted by Gasteiger charge is 2.29. The molecule has 9 nitrogen and oxygen atoms in total. The molecule has 1 aromatic carbocycles. The molecule has 0 saturated carbocycles. The van der Waals surface area contributed by atoms with Crippen LogP contribution in [-0.2, 0) is 16.1 Å². The van der Waals surface area contributed by atoms with Gasteiger partial charge in [0.1, 0.15) is 17.3 Å². The highest BCUT2D eigenvalue weighted by molar-refractivity contribution is 5.71. The van der Waals surface area contributed by atoms with Gasteiger partial charge in [-0.2, -0.15) is 0 Å². The van der Waals surface area contributed by atoms with E-state index in [-0.39, 0.29) is 12.2 Å². The lowest BCUT2D eigenvalue weighted by Gasteiger charge is -2.35. The summed E-state index contributed by atoms with van der Waals surface area (Å²) in [6.45, 7) is 3.59. The summed E-state index contributed by atoms with van der Waals surface area (Å²) in [5.74, 6) is -0.185. The molecule has 3 heterocycles. The van der Waals surface area contributed by atoms with Gasteiger partial charge < -0.3 is 28.3 Å². The van der Waals surface area contributed by atoms with Crippen molar-refractivity contribution in [3.63, 3.8) is 0 Å². The number of hydrogen-bond donors (Lipinski definition) is 1. The van der Waals surface area contributed by atoms with Crippen molar-refractivity contribution >= 4 is 11.7 Å². The van der Waals surface area contributed by atoms with Crippen LogP contribution in [0.2, 0.25) is 0 Å². The number of aromatic hydroxyl groups is 1. The van der Waals surface area contributed by atoms with Gasteiger partial charge in [0, 0.05) is 37.9 Å². The summed E-state index contributed by atoms with van der Waals surface area (Å²) < 4.78 is 21.4. The van der Waals surface area contributed by atoms with Crippen molar-refractivity contribution in [3.8, 4) is 11.5 Å². The molecule has 34 heavy (non-hydrogen) atoms. The van der Waals surface area contributed by atoms with Crippen molar-refractivity contribution in [2.45, 2.75) is 18.9 Å². The van der Waals surface area contributed by atoms with Crippen LogP contribution < -0.4 is 15.1 Å². The molecule has 3 aromatic rings. The Morgan fingerprint density at radius 3 is 2.47 bits per heavy atom. The first kappa shape index (κ1) is 23.4. The molecule has 1 aliphatic rings. The third-order valence-electron chi connectivity index (χ3n) is 5.99. The zero-order valence-corrected chi connectivity index (χ0v) is 19.2. The van der Waals surface area contributed by atoms with E-state index in [0.717, 1.165) is 37.6 Å². The van der Waals surface area contributed by atoms with Gasteiger partial charge in [0.05, 0.1) is 39.4 Å². The van der Waals surface area contributed by atoms with E-state index in [1.54, 1.807) is 19.2 Å². The van der Waals surface area contributed by atoms with E-state index in [4.69, 9.17) is 18.3 Å². The lowest BCUT2D eigenvalue weighted by atomic mass is 9.98. The van der Waals surface area contributed by atoms with Crippen molar-refractivity contribution in [2.24, 2.45) is 0 Å². The molecule has 180 valence electrons. The van der Waals surface area contributed by atoms with Gasteiger partial charge in [-0.15, -0.1) is 0 Å². The zero-order valence-electron chi connectivity index (χ0n) is 19.2. The number of anilines is 1. The van der Waals surface area contributed by atoms with Gasteiger partial charge in [0.25, 0.3) is 0 Å². The number of carbonyl (C=O) groups is 1. The van der Waals surface area contributed by atoms with Crippen LogP contribution in [0.25, 0.3) is 0 Å². The van der Waals surface area contributed by atoms with Crippen LogP contribution in [0.5, 0.6) is 11.5 Å². The minimum Gasteiger partial charge on any atom is -0.502 e. The summed E-state index contributed by atoms with van der Waals surface area (Å²) >= 11 is 0. The number of carbonyl (C=O) groups excluding carboxylic acids is 1. The van der Waals surface area contributed by atoms with E-state index in [1.807, 2.05) is 24.3 Å². The quantitative estimate of drug-likeness (QED) is 0.500. The maximum absolute atomic E-state index is 12.5. The smallest absolute Gasteiger partial charge is 0.306 e. The average Bonchev–Trinajstić information content (AvgIpc) is 3.40. The molecule has 0 spiro atoms. The van der Waals surface area contributed by atoms with Crippen molar-refractivity contribution in [2.75, 3.05) is 45.3 Å². The molecule has 1 aliphatic heterocycles. The minimum absolute atomic E-state index is 0.000260. The Morgan fingerprint density at radius 2 is 1.85 bits per heavy atom. The maximum Gasteiger partial charge on any atom is 0.306 e. The van der Waals surface area contributed by atoms with E-state index in [2.05, 4.69) is 9.80 Å². The molecule has 4 rings (SSSR count). The fraction of sp³-hybridized carbons (Fsp3) is 0.360. The molecule has 0 radical (unpaired) electrons. The molecule has 0 aliphatic carbocycles. The first-order valence-corrected chi connectivity index (χ1v) is 11.1. The number of nitrogens with zero attached hydrogens (tertiary/aromatic N) is 2. The Labute approximate surface area is 197 Å². The molecule has 1 saturated heterocycles. The molecule has 1 unspecified atom stereocenters. The molecule has 1 N–H and O–H groups in total. The number of furan rings is 1. The Kier molecular flexibility index (Phi) is 7.22. The lowest BCUT2D eigenvalue weighted by molar-refractivity contribution is -0.141. The largest absolute Gasteiger partial charge is 0.502 e. The highest BCUT2D eigenvalue weighted by atomic mass is 16.5. The first-order valence-electron chi connectivity index (χ1n) is 11.1. The second-order valence-corrected chi connectivity index (χ2v) is 8.10. The summed E-state index contributed by atoms with van der Waals surface area (Å²) in [6.07, 6.45) is 1.32.